The van der Waals surface area contributed by atoms with Gasteiger partial charge in [-0.05, 0) is 56.7 Å². The van der Waals surface area contributed by atoms with Gasteiger partial charge in [0.15, 0.2) is 0 Å². The molecule has 1 N–H and O–H groups in total. The Morgan fingerprint density at radius 2 is 1.79 bits per heavy atom. The third-order valence-electron chi connectivity index (χ3n) is 10.3. The molecule has 48 heavy (non-hydrogen) atoms. The van der Waals surface area contributed by atoms with Crippen LogP contribution in [0.15, 0.2) is 73.8 Å². The molecule has 3 aliphatic heterocycles. The predicted molar refractivity (Wildman–Crippen MR) is 182 cm³/mol. The van der Waals surface area contributed by atoms with Crippen LogP contribution in [0.3, 0.4) is 0 Å². The summed E-state index contributed by atoms with van der Waals surface area (Å²) in [6, 6.07) is 13.4. The molecule has 0 aliphatic carbocycles. The number of esters is 1. The minimum atomic E-state index is -1.26. The fourth-order valence-electron chi connectivity index (χ4n) is 7.97. The van der Waals surface area contributed by atoms with Crippen molar-refractivity contribution in [2.45, 2.75) is 76.3 Å². The molecule has 3 aliphatic rings. The normalized spacial score (nSPS) is 25.3. The molecule has 1 spiro atoms. The van der Waals surface area contributed by atoms with Crippen molar-refractivity contribution >= 4 is 29.4 Å². The van der Waals surface area contributed by atoms with Gasteiger partial charge in [0.1, 0.15) is 17.7 Å². The molecule has 0 saturated carbocycles. The number of carbonyl (C=O) groups excluding carboxylic acids is 4. The van der Waals surface area contributed by atoms with Gasteiger partial charge < -0.3 is 29.3 Å². The van der Waals surface area contributed by atoms with Gasteiger partial charge in [0, 0.05) is 32.2 Å². The Kier molecular flexibility index (Phi) is 10.6. The number of ether oxygens (including phenoxy) is 2. The smallest absolute Gasteiger partial charge is 0.313 e. The first-order chi connectivity index (χ1) is 23.0. The van der Waals surface area contributed by atoms with Gasteiger partial charge >= 0.3 is 5.97 Å². The number of fused-ring (bicyclic) bond motifs is 1. The van der Waals surface area contributed by atoms with E-state index < -0.39 is 53.6 Å². The molecule has 3 amide bonds. The molecule has 10 heteroatoms. The first-order valence-electron chi connectivity index (χ1n) is 16.7. The molecule has 0 radical (unpaired) electrons. The Labute approximate surface area is 283 Å². The fourth-order valence-corrected chi connectivity index (χ4v) is 7.97. The lowest BCUT2D eigenvalue weighted by molar-refractivity contribution is -0.164. The second-order valence-electron chi connectivity index (χ2n) is 13.1. The minimum absolute atomic E-state index is 0.0841. The van der Waals surface area contributed by atoms with Crippen molar-refractivity contribution in [1.82, 2.24) is 9.80 Å². The van der Waals surface area contributed by atoms with Gasteiger partial charge in [-0.1, -0.05) is 60.7 Å². The molecular weight excluding hydrogens is 610 g/mol. The summed E-state index contributed by atoms with van der Waals surface area (Å²) in [5.74, 6) is -3.40. The van der Waals surface area contributed by atoms with Crippen LogP contribution in [0.5, 0.6) is 0 Å². The summed E-state index contributed by atoms with van der Waals surface area (Å²) < 4.78 is 12.9. The SMILES string of the molecule is C=CCCC(=O)N(C)[C@@H](C)[C@@H](OC(=O)[C@@H]1[C@@H]2CC[C@]3(O2)[C@H](C(=O)N(CC=C)c2c(C)cccc2C)N(CCO)C(=O)[C@@H]13)c1ccccc1. The first-order valence-corrected chi connectivity index (χ1v) is 16.7. The predicted octanol–water partition coefficient (Wildman–Crippen LogP) is 4.29. The lowest BCUT2D eigenvalue weighted by Crippen LogP contribution is -2.57. The third kappa shape index (κ3) is 6.07. The van der Waals surface area contributed by atoms with E-state index in [0.29, 0.717) is 24.8 Å². The maximum atomic E-state index is 14.7. The molecule has 0 aromatic heterocycles. The van der Waals surface area contributed by atoms with Crippen molar-refractivity contribution in [3.63, 3.8) is 0 Å². The Balaban J connectivity index is 1.49. The third-order valence-corrected chi connectivity index (χ3v) is 10.3. The summed E-state index contributed by atoms with van der Waals surface area (Å²) in [6.07, 6.45) is 3.57. The average molecular weight is 658 g/mol. The molecule has 2 aromatic rings. The number of para-hydroxylation sites is 1. The lowest BCUT2D eigenvalue weighted by Gasteiger charge is -2.37. The number of aryl methyl sites for hydroxylation is 2. The highest BCUT2D eigenvalue weighted by atomic mass is 16.6. The molecule has 3 heterocycles. The fraction of sp³-hybridized carbons (Fsp3) is 0.474. The van der Waals surface area contributed by atoms with Gasteiger partial charge in [0.25, 0.3) is 5.91 Å². The number of benzene rings is 2. The molecule has 10 nitrogen and oxygen atoms in total. The number of rotatable bonds is 14. The monoisotopic (exact) mass is 657 g/mol. The van der Waals surface area contributed by atoms with E-state index in [1.807, 2.05) is 69.3 Å². The topological polar surface area (TPSA) is 117 Å². The number of allylic oxidation sites excluding steroid dienone is 1. The highest BCUT2D eigenvalue weighted by Gasteiger charge is 2.75. The van der Waals surface area contributed by atoms with Crippen molar-refractivity contribution < 1.29 is 33.8 Å². The van der Waals surface area contributed by atoms with Crippen LogP contribution in [0.25, 0.3) is 0 Å². The number of hydrogen-bond acceptors (Lipinski definition) is 7. The Bertz CT molecular complexity index is 1540. The van der Waals surface area contributed by atoms with Crippen LogP contribution in [0.1, 0.15) is 55.4 Å². The quantitative estimate of drug-likeness (QED) is 0.238. The number of nitrogens with zero attached hydrogens (tertiary/aromatic N) is 3. The van der Waals surface area contributed by atoms with E-state index in [-0.39, 0.29) is 37.9 Å². The van der Waals surface area contributed by atoms with Gasteiger partial charge in [-0.2, -0.15) is 0 Å². The van der Waals surface area contributed by atoms with Crippen LogP contribution in [-0.4, -0.2) is 89.1 Å². The number of amides is 3. The standard InChI is InChI=1S/C38H47N3O7/c1-7-9-18-29(43)39(6)26(5)33(27-16-11-10-12-17-27)47-37(46)30-28-19-20-38(48-28)31(30)35(44)41(22-23-42)34(38)36(45)40(21-8-2)32-24(3)14-13-15-25(32)4/h7-8,10-17,26,28,30-31,33-34,42H,1-2,9,18-23H2,3-6H3/t26-,28-,30+,31+,33+,34-,38+/m0/s1. The largest absolute Gasteiger partial charge is 0.455 e. The Hall–Kier alpha value is -4.28. The molecule has 0 unspecified atom stereocenters. The van der Waals surface area contributed by atoms with E-state index in [4.69, 9.17) is 9.47 Å². The second-order valence-corrected chi connectivity index (χ2v) is 13.1. The van der Waals surface area contributed by atoms with Gasteiger partial charge in [0.2, 0.25) is 11.8 Å². The van der Waals surface area contributed by atoms with Crippen LogP contribution in [0.4, 0.5) is 5.69 Å². The summed E-state index contributed by atoms with van der Waals surface area (Å²) in [5.41, 5.74) is 1.96. The van der Waals surface area contributed by atoms with E-state index in [2.05, 4.69) is 13.2 Å². The zero-order valence-corrected chi connectivity index (χ0v) is 28.3. The number of likely N-dealkylation sites (tertiary alicyclic amines) is 1. The zero-order chi connectivity index (χ0) is 34.7. The van der Waals surface area contributed by atoms with Crippen LogP contribution in [0.2, 0.25) is 0 Å². The van der Waals surface area contributed by atoms with Crippen LogP contribution in [-0.2, 0) is 28.7 Å². The molecule has 3 fully saturated rings. The molecule has 7 atom stereocenters. The summed E-state index contributed by atoms with van der Waals surface area (Å²) in [4.78, 5) is 60.9. The number of carbonyl (C=O) groups is 4. The summed E-state index contributed by atoms with van der Waals surface area (Å²) in [7, 11) is 1.68. The van der Waals surface area contributed by atoms with E-state index in [1.54, 1.807) is 29.0 Å². The molecule has 2 aromatic carbocycles. The maximum absolute atomic E-state index is 14.7. The molecule has 256 valence electrons. The Morgan fingerprint density at radius 3 is 2.42 bits per heavy atom. The Morgan fingerprint density at radius 1 is 1.10 bits per heavy atom. The zero-order valence-electron chi connectivity index (χ0n) is 28.3. The summed E-state index contributed by atoms with van der Waals surface area (Å²) in [6.45, 7) is 13.0. The highest BCUT2D eigenvalue weighted by molar-refractivity contribution is 6.05. The lowest BCUT2D eigenvalue weighted by atomic mass is 9.70. The van der Waals surface area contributed by atoms with Gasteiger partial charge in [-0.25, -0.2) is 0 Å². The average Bonchev–Trinajstić information content (AvgIpc) is 3.72. The number of likely N-dealkylation sites (N-methyl/N-ethyl adjacent to an activating group) is 1. The van der Waals surface area contributed by atoms with Crippen LogP contribution in [0, 0.1) is 25.7 Å². The van der Waals surface area contributed by atoms with Gasteiger partial charge in [-0.3, -0.25) is 19.2 Å². The minimum Gasteiger partial charge on any atom is -0.455 e. The van der Waals surface area contributed by atoms with E-state index in [9.17, 15) is 24.3 Å². The molecule has 5 rings (SSSR count). The number of aliphatic hydroxyl groups is 1. The van der Waals surface area contributed by atoms with Crippen molar-refractivity contribution in [1.29, 1.82) is 0 Å². The van der Waals surface area contributed by atoms with Crippen LogP contribution < -0.4 is 4.90 Å². The summed E-state index contributed by atoms with van der Waals surface area (Å²) >= 11 is 0. The first kappa shape index (κ1) is 35.0. The number of aliphatic hydroxyl groups excluding tert-OH is 1. The van der Waals surface area contributed by atoms with Crippen LogP contribution >= 0.6 is 0 Å². The molecule has 2 bridgehead atoms. The van der Waals surface area contributed by atoms with Crippen molar-refractivity contribution in [3.05, 3.63) is 90.5 Å². The van der Waals surface area contributed by atoms with Gasteiger partial charge in [0.05, 0.1) is 30.6 Å². The maximum Gasteiger partial charge on any atom is 0.313 e. The number of anilines is 1. The number of hydrogen-bond donors (Lipinski definition) is 1. The van der Waals surface area contributed by atoms with Gasteiger partial charge in [-0.15, -0.1) is 13.2 Å². The van der Waals surface area contributed by atoms with E-state index in [0.717, 1.165) is 16.8 Å². The van der Waals surface area contributed by atoms with Crippen molar-refractivity contribution in [2.24, 2.45) is 11.8 Å². The molecular formula is C38H47N3O7. The molecule has 3 saturated heterocycles. The highest BCUT2D eigenvalue weighted by Crippen LogP contribution is 2.59. The summed E-state index contributed by atoms with van der Waals surface area (Å²) in [5, 5.41) is 10.0. The second kappa shape index (κ2) is 14.5. The van der Waals surface area contributed by atoms with Crippen molar-refractivity contribution in [2.75, 3.05) is 31.6 Å². The van der Waals surface area contributed by atoms with E-state index >= 15 is 0 Å². The van der Waals surface area contributed by atoms with E-state index in [1.165, 1.54) is 4.90 Å². The van der Waals surface area contributed by atoms with Crippen molar-refractivity contribution in [3.8, 4) is 0 Å². The number of β-amino-alcohol motifs (C(OH)–C–C–N with tert-alkyl or cyclic N) is 1.